The monoisotopic (exact) mass is 381 g/mol. The summed E-state index contributed by atoms with van der Waals surface area (Å²) in [6.45, 7) is 5.75. The fourth-order valence-corrected chi connectivity index (χ4v) is 3.06. The van der Waals surface area contributed by atoms with Crippen LogP contribution in [0.3, 0.4) is 0 Å². The first-order valence-corrected chi connectivity index (χ1v) is 8.85. The summed E-state index contributed by atoms with van der Waals surface area (Å²) in [4.78, 5) is 16.7. The van der Waals surface area contributed by atoms with Crippen LogP contribution in [0.25, 0.3) is 17.3 Å². The van der Waals surface area contributed by atoms with Gasteiger partial charge in [-0.25, -0.2) is 9.50 Å². The molecule has 9 nitrogen and oxygen atoms in total. The molecular weight excluding hydrogens is 362 g/mol. The molecule has 0 radical (unpaired) electrons. The average molecular weight is 381 g/mol. The minimum Gasteiger partial charge on any atom is -0.459 e. The van der Waals surface area contributed by atoms with Gasteiger partial charge in [0, 0.05) is 23.9 Å². The van der Waals surface area contributed by atoms with Crippen LogP contribution >= 0.6 is 0 Å². The van der Waals surface area contributed by atoms with Gasteiger partial charge in [-0.3, -0.25) is 4.79 Å². The molecule has 0 spiro atoms. The minimum atomic E-state index is -0.353. The van der Waals surface area contributed by atoms with Crippen LogP contribution < -0.4 is 0 Å². The van der Waals surface area contributed by atoms with E-state index in [1.807, 2.05) is 26.8 Å². The topological polar surface area (TPSA) is 109 Å². The van der Waals surface area contributed by atoms with E-state index >= 15 is 0 Å². The molecular formula is C19H19N5O4. The Morgan fingerprint density at radius 3 is 2.89 bits per heavy atom. The molecule has 0 fully saturated rings. The zero-order valence-corrected chi connectivity index (χ0v) is 15.8. The molecule has 4 heterocycles. The third-order valence-corrected chi connectivity index (χ3v) is 4.42. The Balaban J connectivity index is 1.37. The Morgan fingerprint density at radius 1 is 1.25 bits per heavy atom. The van der Waals surface area contributed by atoms with Crippen LogP contribution in [0, 0.1) is 20.8 Å². The van der Waals surface area contributed by atoms with Gasteiger partial charge < -0.3 is 13.6 Å². The third-order valence-electron chi connectivity index (χ3n) is 4.42. The Hall–Kier alpha value is -3.49. The number of hydrogen-bond donors (Lipinski definition) is 0. The zero-order chi connectivity index (χ0) is 19.7. The number of carbonyl (C=O) groups excluding carboxylic acids is 1. The maximum atomic E-state index is 12.1. The van der Waals surface area contributed by atoms with E-state index in [9.17, 15) is 4.79 Å². The molecule has 0 saturated carbocycles. The summed E-state index contributed by atoms with van der Waals surface area (Å²) >= 11 is 0. The van der Waals surface area contributed by atoms with Gasteiger partial charge in [-0.1, -0.05) is 0 Å². The summed E-state index contributed by atoms with van der Waals surface area (Å²) < 4.78 is 17.6. The predicted octanol–water partition coefficient (Wildman–Crippen LogP) is 2.97. The van der Waals surface area contributed by atoms with E-state index in [2.05, 4.69) is 20.3 Å². The summed E-state index contributed by atoms with van der Waals surface area (Å²) in [6.07, 6.45) is 2.24. The highest BCUT2D eigenvalue weighted by atomic mass is 16.5. The van der Waals surface area contributed by atoms with Gasteiger partial charge in [0.1, 0.15) is 0 Å². The quantitative estimate of drug-likeness (QED) is 0.469. The van der Waals surface area contributed by atoms with E-state index < -0.39 is 0 Å². The van der Waals surface area contributed by atoms with Crippen LogP contribution in [0.15, 0.2) is 33.3 Å². The lowest BCUT2D eigenvalue weighted by atomic mass is 10.1. The van der Waals surface area contributed by atoms with Gasteiger partial charge in [-0.2, -0.15) is 5.10 Å². The number of furan rings is 1. The summed E-state index contributed by atoms with van der Waals surface area (Å²) in [5.74, 6) is 0.569. The van der Waals surface area contributed by atoms with Crippen molar-refractivity contribution in [2.75, 3.05) is 0 Å². The van der Waals surface area contributed by atoms with Crippen molar-refractivity contribution >= 4 is 11.6 Å². The van der Waals surface area contributed by atoms with Crippen molar-refractivity contribution in [1.82, 2.24) is 24.8 Å². The number of ether oxygens (including phenoxy) is 1. The molecule has 28 heavy (non-hydrogen) atoms. The lowest BCUT2D eigenvalue weighted by Gasteiger charge is -2.10. The summed E-state index contributed by atoms with van der Waals surface area (Å²) in [5, 5.41) is 12.2. The Kier molecular flexibility index (Phi) is 4.64. The summed E-state index contributed by atoms with van der Waals surface area (Å²) in [6, 6.07) is 5.36. The Labute approximate surface area is 160 Å². The molecule has 4 aromatic heterocycles. The maximum absolute atomic E-state index is 12.1. The van der Waals surface area contributed by atoms with E-state index in [4.69, 9.17) is 13.6 Å². The smallest absolute Gasteiger partial charge is 0.306 e. The van der Waals surface area contributed by atoms with Crippen molar-refractivity contribution in [3.63, 3.8) is 0 Å². The fraction of sp³-hybridized carbons (Fsp3) is 0.316. The molecule has 0 N–H and O–H groups in total. The molecule has 0 aliphatic heterocycles. The van der Waals surface area contributed by atoms with Crippen LogP contribution in [-0.4, -0.2) is 30.8 Å². The van der Waals surface area contributed by atoms with Gasteiger partial charge in [-0.05, 0) is 44.9 Å². The number of fused-ring (bicyclic) bond motifs is 1. The van der Waals surface area contributed by atoms with E-state index in [-0.39, 0.29) is 30.8 Å². The van der Waals surface area contributed by atoms with Crippen LogP contribution in [-0.2, 0) is 22.6 Å². The molecule has 0 unspecified atom stereocenters. The van der Waals surface area contributed by atoms with Gasteiger partial charge in [0.15, 0.2) is 18.0 Å². The van der Waals surface area contributed by atoms with Crippen molar-refractivity contribution < 1.29 is 18.4 Å². The Bertz CT molecular complexity index is 1130. The van der Waals surface area contributed by atoms with E-state index in [1.165, 1.54) is 6.26 Å². The average Bonchev–Trinajstić information content (AvgIpc) is 3.39. The first kappa shape index (κ1) is 17.9. The molecule has 4 rings (SSSR count). The molecule has 4 aromatic rings. The predicted molar refractivity (Wildman–Crippen MR) is 97.3 cm³/mol. The van der Waals surface area contributed by atoms with Gasteiger partial charge in [-0.15, -0.1) is 10.2 Å². The number of nitrogens with zero attached hydrogens (tertiary/aromatic N) is 5. The van der Waals surface area contributed by atoms with Gasteiger partial charge in [0.25, 0.3) is 11.8 Å². The fourth-order valence-electron chi connectivity index (χ4n) is 3.06. The second kappa shape index (κ2) is 7.26. The van der Waals surface area contributed by atoms with Crippen LogP contribution in [0.5, 0.6) is 0 Å². The van der Waals surface area contributed by atoms with Crippen molar-refractivity contribution in [2.24, 2.45) is 0 Å². The highest BCUT2D eigenvalue weighted by molar-refractivity contribution is 5.69. The minimum absolute atomic E-state index is 0.0832. The van der Waals surface area contributed by atoms with Crippen LogP contribution in [0.1, 0.15) is 35.0 Å². The Morgan fingerprint density at radius 2 is 2.11 bits per heavy atom. The molecule has 0 aliphatic rings. The van der Waals surface area contributed by atoms with Crippen molar-refractivity contribution in [2.45, 2.75) is 40.2 Å². The number of aromatic nitrogens is 5. The van der Waals surface area contributed by atoms with E-state index in [0.717, 1.165) is 28.3 Å². The first-order valence-electron chi connectivity index (χ1n) is 8.85. The second-order valence-electron chi connectivity index (χ2n) is 6.46. The number of aryl methyl sites for hydroxylation is 3. The highest BCUT2D eigenvalue weighted by Gasteiger charge is 2.15. The first-order chi connectivity index (χ1) is 13.5. The summed E-state index contributed by atoms with van der Waals surface area (Å²) in [7, 11) is 0. The number of esters is 1. The number of carbonyl (C=O) groups is 1. The second-order valence-corrected chi connectivity index (χ2v) is 6.46. The maximum Gasteiger partial charge on any atom is 0.306 e. The molecule has 0 amide bonds. The lowest BCUT2D eigenvalue weighted by Crippen LogP contribution is -2.10. The zero-order valence-electron chi connectivity index (χ0n) is 15.8. The molecule has 0 saturated heterocycles. The standard InChI is InChI=1S/C19H19N5O4/c1-11-9-16-20-12(2)14(13(3)24(16)23-11)6-7-18(25)27-10-17-21-22-19(28-17)15-5-4-8-26-15/h4-5,8-9H,6-7,10H2,1-3H3. The molecule has 0 atom stereocenters. The van der Waals surface area contributed by atoms with Crippen molar-refractivity contribution in [1.29, 1.82) is 0 Å². The SMILES string of the molecule is Cc1cc2nc(C)c(CCC(=O)OCc3nnc(-c4ccco4)o3)c(C)n2n1. The van der Waals surface area contributed by atoms with Crippen LogP contribution in [0.2, 0.25) is 0 Å². The molecule has 9 heteroatoms. The number of rotatable bonds is 6. The normalized spacial score (nSPS) is 11.2. The van der Waals surface area contributed by atoms with Gasteiger partial charge >= 0.3 is 5.97 Å². The number of hydrogen-bond acceptors (Lipinski definition) is 8. The largest absolute Gasteiger partial charge is 0.459 e. The summed E-state index contributed by atoms with van der Waals surface area (Å²) in [5.41, 5.74) is 4.56. The van der Waals surface area contributed by atoms with Gasteiger partial charge in [0.05, 0.1) is 12.0 Å². The van der Waals surface area contributed by atoms with Crippen LogP contribution in [0.4, 0.5) is 0 Å². The van der Waals surface area contributed by atoms with Crippen molar-refractivity contribution in [3.05, 3.63) is 53.0 Å². The molecule has 0 bridgehead atoms. The molecule has 0 aromatic carbocycles. The van der Waals surface area contributed by atoms with Gasteiger partial charge in [0.2, 0.25) is 0 Å². The third kappa shape index (κ3) is 3.51. The van der Waals surface area contributed by atoms with E-state index in [1.54, 1.807) is 16.6 Å². The highest BCUT2D eigenvalue weighted by Crippen LogP contribution is 2.19. The molecule has 0 aliphatic carbocycles. The van der Waals surface area contributed by atoms with Crippen molar-refractivity contribution in [3.8, 4) is 11.7 Å². The van der Waals surface area contributed by atoms with E-state index in [0.29, 0.717) is 12.2 Å². The molecule has 144 valence electrons. The lowest BCUT2D eigenvalue weighted by molar-refractivity contribution is -0.145.